The van der Waals surface area contributed by atoms with E-state index in [9.17, 15) is 18.8 Å². The third-order valence-electron chi connectivity index (χ3n) is 2.37. The number of ether oxygens (including phenoxy) is 1. The van der Waals surface area contributed by atoms with Crippen molar-refractivity contribution in [1.29, 1.82) is 0 Å². The van der Waals surface area contributed by atoms with E-state index in [4.69, 9.17) is 5.11 Å². The van der Waals surface area contributed by atoms with Crippen molar-refractivity contribution >= 4 is 17.8 Å². The van der Waals surface area contributed by atoms with E-state index in [0.29, 0.717) is 0 Å². The monoisotopic (exact) mass is 283 g/mol. The van der Waals surface area contributed by atoms with Crippen molar-refractivity contribution in [1.82, 2.24) is 5.32 Å². The first-order chi connectivity index (χ1) is 9.43. The molecule has 1 aromatic carbocycles. The second-order valence-corrected chi connectivity index (χ2v) is 3.88. The molecule has 0 spiro atoms. The lowest BCUT2D eigenvalue weighted by molar-refractivity contribution is -0.149. The number of hydrogen-bond donors (Lipinski definition) is 2. The van der Waals surface area contributed by atoms with Crippen molar-refractivity contribution in [3.63, 3.8) is 0 Å². The van der Waals surface area contributed by atoms with Crippen LogP contribution in [-0.2, 0) is 14.3 Å². The second kappa shape index (κ2) is 7.22. The molecular formula is C13H14FNO5. The van der Waals surface area contributed by atoms with Gasteiger partial charge in [0.2, 0.25) is 0 Å². The number of carboxylic acid groups (broad SMARTS) is 1. The molecule has 1 atom stereocenters. The number of amides is 1. The summed E-state index contributed by atoms with van der Waals surface area (Å²) in [7, 11) is 0. The van der Waals surface area contributed by atoms with E-state index >= 15 is 0 Å². The van der Waals surface area contributed by atoms with Crippen molar-refractivity contribution in [2.75, 3.05) is 6.61 Å². The van der Waals surface area contributed by atoms with Crippen LogP contribution < -0.4 is 5.32 Å². The van der Waals surface area contributed by atoms with Gasteiger partial charge in [0.25, 0.3) is 5.91 Å². The normalized spacial score (nSPS) is 11.5. The SMILES string of the molecule is CCOC(=O)C[C@H](NC(=O)c1cccc(F)c1)C(=O)O. The second-order valence-electron chi connectivity index (χ2n) is 3.88. The number of carbonyl (C=O) groups excluding carboxylic acids is 2. The fourth-order valence-corrected chi connectivity index (χ4v) is 1.46. The Kier molecular flexibility index (Phi) is 5.64. The summed E-state index contributed by atoms with van der Waals surface area (Å²) in [6.07, 6.45) is -0.496. The zero-order chi connectivity index (χ0) is 15.1. The number of aliphatic carboxylic acids is 1. The van der Waals surface area contributed by atoms with Crippen LogP contribution >= 0.6 is 0 Å². The van der Waals surface area contributed by atoms with Crippen molar-refractivity contribution in [3.05, 3.63) is 35.6 Å². The molecule has 0 bridgehead atoms. The van der Waals surface area contributed by atoms with Crippen LogP contribution in [0.2, 0.25) is 0 Å². The predicted molar refractivity (Wildman–Crippen MR) is 66.5 cm³/mol. The van der Waals surface area contributed by atoms with E-state index in [1.807, 2.05) is 0 Å². The van der Waals surface area contributed by atoms with E-state index in [1.165, 1.54) is 12.1 Å². The third kappa shape index (κ3) is 4.68. The molecule has 0 aliphatic rings. The topological polar surface area (TPSA) is 92.7 Å². The maximum absolute atomic E-state index is 13.0. The molecule has 2 N–H and O–H groups in total. The van der Waals surface area contributed by atoms with Gasteiger partial charge >= 0.3 is 11.9 Å². The van der Waals surface area contributed by atoms with Gasteiger partial charge in [0, 0.05) is 5.56 Å². The Hall–Kier alpha value is -2.44. The van der Waals surface area contributed by atoms with Crippen molar-refractivity contribution in [2.45, 2.75) is 19.4 Å². The summed E-state index contributed by atoms with van der Waals surface area (Å²) in [6.45, 7) is 1.70. The largest absolute Gasteiger partial charge is 0.480 e. The Bertz CT molecular complexity index is 517. The van der Waals surface area contributed by atoms with Crippen molar-refractivity contribution < 1.29 is 28.6 Å². The molecule has 0 aliphatic carbocycles. The average molecular weight is 283 g/mol. The molecule has 6 nitrogen and oxygen atoms in total. The first-order valence-electron chi connectivity index (χ1n) is 5.89. The lowest BCUT2D eigenvalue weighted by Gasteiger charge is -2.13. The van der Waals surface area contributed by atoms with Crippen LogP contribution in [0.4, 0.5) is 4.39 Å². The molecule has 7 heteroatoms. The molecule has 0 radical (unpaired) electrons. The summed E-state index contributed by atoms with van der Waals surface area (Å²) in [6, 6.07) is 3.36. The molecule has 20 heavy (non-hydrogen) atoms. The van der Waals surface area contributed by atoms with E-state index < -0.39 is 36.1 Å². The molecule has 0 saturated carbocycles. The van der Waals surface area contributed by atoms with Gasteiger partial charge in [-0.15, -0.1) is 0 Å². The first-order valence-corrected chi connectivity index (χ1v) is 5.89. The number of rotatable bonds is 6. The van der Waals surface area contributed by atoms with Crippen LogP contribution in [0.3, 0.4) is 0 Å². The number of esters is 1. The van der Waals surface area contributed by atoms with Crippen molar-refractivity contribution in [2.24, 2.45) is 0 Å². The van der Waals surface area contributed by atoms with Crippen LogP contribution in [0.25, 0.3) is 0 Å². The summed E-state index contributed by atoms with van der Waals surface area (Å²) >= 11 is 0. The molecule has 0 aromatic heterocycles. The van der Waals surface area contributed by atoms with Crippen LogP contribution in [0.5, 0.6) is 0 Å². The summed E-state index contributed by atoms with van der Waals surface area (Å²) in [5, 5.41) is 11.1. The maximum atomic E-state index is 13.0. The number of nitrogens with one attached hydrogen (secondary N) is 1. The Balaban J connectivity index is 2.73. The van der Waals surface area contributed by atoms with Gasteiger partial charge in [0.15, 0.2) is 0 Å². The van der Waals surface area contributed by atoms with Gasteiger partial charge in [0.05, 0.1) is 13.0 Å². The molecule has 0 heterocycles. The molecule has 0 fully saturated rings. The smallest absolute Gasteiger partial charge is 0.326 e. The zero-order valence-corrected chi connectivity index (χ0v) is 10.8. The van der Waals surface area contributed by atoms with Gasteiger partial charge in [-0.3, -0.25) is 9.59 Å². The van der Waals surface area contributed by atoms with Crippen molar-refractivity contribution in [3.8, 4) is 0 Å². The summed E-state index contributed by atoms with van der Waals surface area (Å²) < 4.78 is 17.6. The molecule has 1 aromatic rings. The van der Waals surface area contributed by atoms with Gasteiger partial charge in [-0.1, -0.05) is 6.07 Å². The molecule has 1 amide bonds. The quantitative estimate of drug-likeness (QED) is 0.759. The number of benzene rings is 1. The number of halogens is 1. The zero-order valence-electron chi connectivity index (χ0n) is 10.8. The number of carbonyl (C=O) groups is 3. The van der Waals surface area contributed by atoms with E-state index in [0.717, 1.165) is 12.1 Å². The van der Waals surface area contributed by atoms with Gasteiger partial charge in [-0.05, 0) is 25.1 Å². The Labute approximate surface area is 114 Å². The fourth-order valence-electron chi connectivity index (χ4n) is 1.46. The fraction of sp³-hybridized carbons (Fsp3) is 0.308. The Morgan fingerprint density at radius 2 is 2.10 bits per heavy atom. The van der Waals surface area contributed by atoms with E-state index in [1.54, 1.807) is 6.92 Å². The maximum Gasteiger partial charge on any atom is 0.326 e. The molecular weight excluding hydrogens is 269 g/mol. The molecule has 0 aliphatic heterocycles. The Morgan fingerprint density at radius 3 is 2.65 bits per heavy atom. The van der Waals surface area contributed by atoms with Gasteiger partial charge in [0.1, 0.15) is 11.9 Å². The van der Waals surface area contributed by atoms with Crippen LogP contribution in [0.15, 0.2) is 24.3 Å². The highest BCUT2D eigenvalue weighted by molar-refractivity contribution is 5.97. The molecule has 1 rings (SSSR count). The lowest BCUT2D eigenvalue weighted by Crippen LogP contribution is -2.42. The van der Waals surface area contributed by atoms with Gasteiger partial charge in [-0.2, -0.15) is 0 Å². The minimum absolute atomic E-state index is 0.0277. The third-order valence-corrected chi connectivity index (χ3v) is 2.37. The Morgan fingerprint density at radius 1 is 1.40 bits per heavy atom. The van der Waals surface area contributed by atoms with E-state index in [2.05, 4.69) is 10.1 Å². The van der Waals surface area contributed by atoms with Gasteiger partial charge in [-0.25, -0.2) is 9.18 Å². The lowest BCUT2D eigenvalue weighted by atomic mass is 10.1. The van der Waals surface area contributed by atoms with Crippen LogP contribution in [0.1, 0.15) is 23.7 Å². The highest BCUT2D eigenvalue weighted by Crippen LogP contribution is 2.05. The molecule has 108 valence electrons. The highest BCUT2D eigenvalue weighted by Gasteiger charge is 2.24. The minimum atomic E-state index is -1.43. The summed E-state index contributed by atoms with van der Waals surface area (Å²) in [4.78, 5) is 34.0. The van der Waals surface area contributed by atoms with Gasteiger partial charge < -0.3 is 15.2 Å². The van der Waals surface area contributed by atoms with E-state index in [-0.39, 0.29) is 12.2 Å². The standard InChI is InChI=1S/C13H14FNO5/c1-2-20-11(16)7-10(13(18)19)15-12(17)8-4-3-5-9(14)6-8/h3-6,10H,2,7H2,1H3,(H,15,17)(H,18,19)/t10-/m0/s1. The van der Waals surface area contributed by atoms with Crippen LogP contribution in [-0.4, -0.2) is 35.6 Å². The molecule has 0 unspecified atom stereocenters. The number of carboxylic acids is 1. The number of hydrogen-bond acceptors (Lipinski definition) is 4. The minimum Gasteiger partial charge on any atom is -0.480 e. The first kappa shape index (κ1) is 15.6. The van der Waals surface area contributed by atoms with Crippen LogP contribution in [0, 0.1) is 5.82 Å². The summed E-state index contributed by atoms with van der Waals surface area (Å²) in [5.41, 5.74) is -0.0277. The highest BCUT2D eigenvalue weighted by atomic mass is 19.1. The summed E-state index contributed by atoms with van der Waals surface area (Å²) in [5.74, 6) is -3.50. The predicted octanol–water partition coefficient (Wildman–Crippen LogP) is 0.962. The average Bonchev–Trinajstić information content (AvgIpc) is 2.38. The molecule has 0 saturated heterocycles.